The summed E-state index contributed by atoms with van der Waals surface area (Å²) in [5.41, 5.74) is 5.61. The normalized spacial score (nSPS) is 10.8. The van der Waals surface area contributed by atoms with E-state index in [1.165, 1.54) is 7.11 Å². The van der Waals surface area contributed by atoms with E-state index in [2.05, 4.69) is 56.1 Å². The first-order valence-electron chi connectivity index (χ1n) is 9.30. The third kappa shape index (κ3) is 4.55. The van der Waals surface area contributed by atoms with Crippen LogP contribution in [0.1, 0.15) is 15.9 Å². The van der Waals surface area contributed by atoms with Crippen LogP contribution in [0.4, 0.5) is 0 Å². The van der Waals surface area contributed by atoms with E-state index >= 15 is 0 Å². The van der Waals surface area contributed by atoms with E-state index < -0.39 is 0 Å². The van der Waals surface area contributed by atoms with E-state index in [9.17, 15) is 4.79 Å². The first-order valence-corrected chi connectivity index (χ1v) is 10.9. The number of carbonyl (C=O) groups excluding carboxylic acids is 1. The van der Waals surface area contributed by atoms with Crippen molar-refractivity contribution in [3.8, 4) is 22.5 Å². The van der Waals surface area contributed by atoms with Crippen molar-refractivity contribution in [3.63, 3.8) is 0 Å². The Labute approximate surface area is 191 Å². The van der Waals surface area contributed by atoms with Crippen molar-refractivity contribution in [2.24, 2.45) is 0 Å². The lowest BCUT2D eigenvalue weighted by molar-refractivity contribution is 0.0600. The van der Waals surface area contributed by atoms with Gasteiger partial charge in [0.2, 0.25) is 0 Å². The predicted molar refractivity (Wildman–Crippen MR) is 125 cm³/mol. The van der Waals surface area contributed by atoms with Gasteiger partial charge in [0.25, 0.3) is 0 Å². The SMILES string of the molecule is COC(=O)c1ccc(Cn2nc(-c3cccc(Br)c3)cc2-c2cccc(Br)c2)cc1. The number of methoxy groups -OCH3 is 1. The van der Waals surface area contributed by atoms with E-state index in [1.54, 1.807) is 12.1 Å². The van der Waals surface area contributed by atoms with Crippen molar-refractivity contribution < 1.29 is 9.53 Å². The maximum atomic E-state index is 11.7. The van der Waals surface area contributed by atoms with Crippen molar-refractivity contribution in [1.29, 1.82) is 0 Å². The average Bonchev–Trinajstić information content (AvgIpc) is 3.17. The van der Waals surface area contributed by atoms with Gasteiger partial charge in [-0.1, -0.05) is 68.3 Å². The second-order valence-electron chi connectivity index (χ2n) is 6.78. The number of nitrogens with zero attached hydrogens (tertiary/aromatic N) is 2. The predicted octanol–water partition coefficient (Wildman–Crippen LogP) is 6.58. The number of hydrogen-bond acceptors (Lipinski definition) is 3. The minimum Gasteiger partial charge on any atom is -0.465 e. The van der Waals surface area contributed by atoms with Gasteiger partial charge < -0.3 is 4.74 Å². The smallest absolute Gasteiger partial charge is 0.337 e. The Morgan fingerprint density at radius 3 is 2.17 bits per heavy atom. The quantitative estimate of drug-likeness (QED) is 0.276. The van der Waals surface area contributed by atoms with Crippen LogP contribution in [0.5, 0.6) is 0 Å². The number of ether oxygens (including phenoxy) is 1. The molecule has 4 rings (SSSR count). The summed E-state index contributed by atoms with van der Waals surface area (Å²) in [7, 11) is 1.38. The summed E-state index contributed by atoms with van der Waals surface area (Å²) >= 11 is 7.10. The summed E-state index contributed by atoms with van der Waals surface area (Å²) in [6.07, 6.45) is 0. The Morgan fingerprint density at radius 1 is 0.900 bits per heavy atom. The number of hydrogen-bond donors (Lipinski definition) is 0. The molecule has 0 N–H and O–H groups in total. The highest BCUT2D eigenvalue weighted by Gasteiger charge is 2.13. The van der Waals surface area contributed by atoms with Gasteiger partial charge in [0, 0.05) is 20.1 Å². The molecule has 0 atom stereocenters. The number of esters is 1. The zero-order chi connectivity index (χ0) is 21.1. The van der Waals surface area contributed by atoms with Crippen LogP contribution in [0.25, 0.3) is 22.5 Å². The molecule has 1 aromatic heterocycles. The zero-order valence-corrected chi connectivity index (χ0v) is 19.4. The second kappa shape index (κ2) is 8.98. The van der Waals surface area contributed by atoms with E-state index in [-0.39, 0.29) is 5.97 Å². The highest BCUT2D eigenvalue weighted by atomic mass is 79.9. The number of rotatable bonds is 5. The maximum absolute atomic E-state index is 11.7. The molecule has 3 aromatic carbocycles. The third-order valence-corrected chi connectivity index (χ3v) is 5.71. The molecule has 4 nitrogen and oxygen atoms in total. The molecule has 1 heterocycles. The van der Waals surface area contributed by atoms with Crippen LogP contribution >= 0.6 is 31.9 Å². The van der Waals surface area contributed by atoms with Gasteiger partial charge in [-0.2, -0.15) is 5.10 Å². The lowest BCUT2D eigenvalue weighted by Crippen LogP contribution is -2.05. The molecule has 0 saturated heterocycles. The topological polar surface area (TPSA) is 44.1 Å². The molecule has 30 heavy (non-hydrogen) atoms. The van der Waals surface area contributed by atoms with Crippen LogP contribution in [-0.4, -0.2) is 22.9 Å². The highest BCUT2D eigenvalue weighted by molar-refractivity contribution is 9.10. The minimum absolute atomic E-state index is 0.340. The van der Waals surface area contributed by atoms with Gasteiger partial charge in [-0.15, -0.1) is 0 Å². The Bertz CT molecular complexity index is 1200. The Balaban J connectivity index is 1.74. The minimum atomic E-state index is -0.340. The monoisotopic (exact) mass is 524 g/mol. The Kier molecular flexibility index (Phi) is 6.16. The Hall–Kier alpha value is -2.70. The summed E-state index contributed by atoms with van der Waals surface area (Å²) in [6, 6.07) is 25.8. The molecule has 0 fully saturated rings. The van der Waals surface area contributed by atoms with Crippen molar-refractivity contribution in [2.45, 2.75) is 6.54 Å². The fraction of sp³-hybridized carbons (Fsp3) is 0.0833. The highest BCUT2D eigenvalue weighted by Crippen LogP contribution is 2.29. The van der Waals surface area contributed by atoms with Crippen LogP contribution in [0.2, 0.25) is 0 Å². The fourth-order valence-electron chi connectivity index (χ4n) is 3.24. The van der Waals surface area contributed by atoms with Crippen molar-refractivity contribution in [2.75, 3.05) is 7.11 Å². The Morgan fingerprint density at radius 2 is 1.53 bits per heavy atom. The second-order valence-corrected chi connectivity index (χ2v) is 8.61. The van der Waals surface area contributed by atoms with Crippen molar-refractivity contribution in [3.05, 3.63) is 98.9 Å². The van der Waals surface area contributed by atoms with E-state index in [1.807, 2.05) is 47.1 Å². The fourth-order valence-corrected chi connectivity index (χ4v) is 4.04. The number of benzene rings is 3. The van der Waals surface area contributed by atoms with E-state index in [4.69, 9.17) is 9.84 Å². The molecular formula is C24H18Br2N2O2. The summed E-state index contributed by atoms with van der Waals surface area (Å²) in [5.74, 6) is -0.340. The molecule has 0 bridgehead atoms. The largest absolute Gasteiger partial charge is 0.465 e. The van der Waals surface area contributed by atoms with Gasteiger partial charge in [0.15, 0.2) is 0 Å². The van der Waals surface area contributed by atoms with Crippen molar-refractivity contribution >= 4 is 37.8 Å². The maximum Gasteiger partial charge on any atom is 0.337 e. The average molecular weight is 526 g/mol. The van der Waals surface area contributed by atoms with E-state index in [0.717, 1.165) is 37.0 Å². The summed E-state index contributed by atoms with van der Waals surface area (Å²) in [4.78, 5) is 11.7. The standard InChI is InChI=1S/C24H18Br2N2O2/c1-30-24(29)17-10-8-16(9-11-17)15-28-23(19-5-3-7-21(26)13-19)14-22(27-28)18-4-2-6-20(25)12-18/h2-14H,15H2,1H3. The third-order valence-electron chi connectivity index (χ3n) is 4.73. The van der Waals surface area contributed by atoms with Crippen LogP contribution < -0.4 is 0 Å². The molecule has 0 unspecified atom stereocenters. The van der Waals surface area contributed by atoms with Gasteiger partial charge in [0.1, 0.15) is 0 Å². The van der Waals surface area contributed by atoms with Crippen LogP contribution in [0.15, 0.2) is 87.8 Å². The zero-order valence-electron chi connectivity index (χ0n) is 16.2. The summed E-state index contributed by atoms with van der Waals surface area (Å²) in [6.45, 7) is 0.581. The van der Waals surface area contributed by atoms with Gasteiger partial charge in [-0.25, -0.2) is 4.79 Å². The molecule has 150 valence electrons. The summed E-state index contributed by atoms with van der Waals surface area (Å²) in [5, 5.41) is 4.89. The lowest BCUT2D eigenvalue weighted by atomic mass is 10.1. The van der Waals surface area contributed by atoms with E-state index in [0.29, 0.717) is 12.1 Å². The number of aromatic nitrogens is 2. The molecule has 0 amide bonds. The van der Waals surface area contributed by atoms with Crippen molar-refractivity contribution in [1.82, 2.24) is 9.78 Å². The first-order chi connectivity index (χ1) is 14.5. The molecule has 0 aliphatic rings. The summed E-state index contributed by atoms with van der Waals surface area (Å²) < 4.78 is 8.80. The molecule has 0 aliphatic heterocycles. The molecule has 0 spiro atoms. The molecule has 0 aliphatic carbocycles. The van der Waals surface area contributed by atoms with Crippen LogP contribution in [0.3, 0.4) is 0 Å². The van der Waals surface area contributed by atoms with Gasteiger partial charge in [-0.3, -0.25) is 4.68 Å². The first kappa shape index (κ1) is 20.6. The van der Waals surface area contributed by atoms with Crippen LogP contribution in [-0.2, 0) is 11.3 Å². The lowest BCUT2D eigenvalue weighted by Gasteiger charge is -2.09. The molecule has 4 aromatic rings. The molecule has 0 saturated carbocycles. The molecular weight excluding hydrogens is 508 g/mol. The van der Waals surface area contributed by atoms with Gasteiger partial charge >= 0.3 is 5.97 Å². The molecule has 0 radical (unpaired) electrons. The van der Waals surface area contributed by atoms with Gasteiger partial charge in [-0.05, 0) is 48.0 Å². The van der Waals surface area contributed by atoms with Gasteiger partial charge in [0.05, 0.1) is 30.6 Å². The number of carbonyl (C=O) groups is 1. The van der Waals surface area contributed by atoms with Crippen LogP contribution in [0, 0.1) is 0 Å². The molecule has 6 heteroatoms. The number of halogens is 2.